The maximum absolute atomic E-state index is 12.8. The normalized spacial score (nSPS) is 13.0. The molecule has 13 heteroatoms. The van der Waals surface area contributed by atoms with Crippen LogP contribution in [0.2, 0.25) is 0 Å². The van der Waals surface area contributed by atoms with E-state index in [4.69, 9.17) is 15.3 Å². The first kappa shape index (κ1) is 22.7. The number of halogens is 3. The molecule has 2 aromatic heterocycles. The van der Waals surface area contributed by atoms with Gasteiger partial charge < -0.3 is 9.84 Å². The van der Waals surface area contributed by atoms with Crippen LogP contribution in [0.4, 0.5) is 13.2 Å². The summed E-state index contributed by atoms with van der Waals surface area (Å²) in [6.07, 6.45) is -0.798. The minimum atomic E-state index is -4.47. The Balaban J connectivity index is 1.64. The lowest BCUT2D eigenvalue weighted by Gasteiger charge is -2.23. The molecule has 0 aliphatic carbocycles. The molecule has 0 amide bonds. The number of nitrogens with zero attached hydrogens (tertiary/aromatic N) is 4. The largest absolute Gasteiger partial charge is 0.492 e. The number of alkyl halides is 3. The van der Waals surface area contributed by atoms with E-state index in [2.05, 4.69) is 15.5 Å². The highest BCUT2D eigenvalue weighted by Gasteiger charge is 2.33. The number of benzene rings is 1. The molecule has 1 aliphatic heterocycles. The zero-order valence-electron chi connectivity index (χ0n) is 17.3. The smallest absolute Gasteiger partial charge is 0.407 e. The number of ether oxygens (including phenoxy) is 1. The van der Waals surface area contributed by atoms with E-state index in [-0.39, 0.29) is 17.4 Å². The summed E-state index contributed by atoms with van der Waals surface area (Å²) >= 11 is 1.17. The first-order valence-corrected chi connectivity index (χ1v) is 10.6. The van der Waals surface area contributed by atoms with Crippen molar-refractivity contribution < 1.29 is 27.8 Å². The molecule has 0 radical (unpaired) electrons. The van der Waals surface area contributed by atoms with Crippen molar-refractivity contribution in [2.45, 2.75) is 19.1 Å². The zero-order valence-corrected chi connectivity index (χ0v) is 18.1. The Morgan fingerprint density at radius 2 is 2.18 bits per heavy atom. The molecule has 0 bridgehead atoms. The van der Waals surface area contributed by atoms with Crippen molar-refractivity contribution in [2.24, 2.45) is 0 Å². The van der Waals surface area contributed by atoms with Gasteiger partial charge in [0.05, 0.1) is 18.5 Å². The van der Waals surface area contributed by atoms with Gasteiger partial charge in [0.25, 0.3) is 0 Å². The van der Waals surface area contributed by atoms with E-state index >= 15 is 0 Å². The molecule has 4 rings (SSSR count). The van der Waals surface area contributed by atoms with Crippen LogP contribution in [0.1, 0.15) is 9.88 Å². The minimum Gasteiger partial charge on any atom is -0.492 e. The molecule has 0 atom stereocenters. The molecule has 174 valence electrons. The number of carboxylic acid groups (broad SMARTS) is 1. The van der Waals surface area contributed by atoms with E-state index in [1.165, 1.54) is 23.1 Å². The molecule has 0 saturated carbocycles. The van der Waals surface area contributed by atoms with Crippen molar-refractivity contribution in [3.8, 4) is 28.1 Å². The molecule has 33 heavy (non-hydrogen) atoms. The molecular formula is C20H19F3N6O3S. The van der Waals surface area contributed by atoms with Gasteiger partial charge in [-0.15, -0.1) is 11.3 Å². The molecule has 0 spiro atoms. The van der Waals surface area contributed by atoms with Gasteiger partial charge in [-0.1, -0.05) is 6.07 Å². The first-order chi connectivity index (χ1) is 15.6. The molecule has 1 aromatic carbocycles. The average molecular weight is 480 g/mol. The van der Waals surface area contributed by atoms with Crippen LogP contribution in [0.5, 0.6) is 5.75 Å². The lowest BCUT2D eigenvalue weighted by Crippen LogP contribution is -2.46. The number of carbonyl (C=O) groups is 1. The van der Waals surface area contributed by atoms with Gasteiger partial charge in [-0.05, 0) is 17.7 Å². The molecule has 1 aliphatic rings. The molecule has 3 heterocycles. The van der Waals surface area contributed by atoms with Crippen LogP contribution in [-0.2, 0) is 17.8 Å². The van der Waals surface area contributed by atoms with Gasteiger partial charge in [0.2, 0.25) is 0 Å². The van der Waals surface area contributed by atoms with Crippen molar-refractivity contribution in [1.82, 2.24) is 25.2 Å². The highest BCUT2D eigenvalue weighted by atomic mass is 32.1. The van der Waals surface area contributed by atoms with Crippen molar-refractivity contribution in [3.63, 3.8) is 0 Å². The van der Waals surface area contributed by atoms with E-state index in [1.54, 1.807) is 24.5 Å². The lowest BCUT2D eigenvalue weighted by atomic mass is 10.0. The molecule has 0 unspecified atom stereocenters. The highest BCUT2D eigenvalue weighted by molar-refractivity contribution is 7.14. The number of rotatable bonds is 6. The Labute approximate surface area is 189 Å². The number of nitrogens with one attached hydrogen (secondary N) is 2. The third kappa shape index (κ3) is 4.98. The summed E-state index contributed by atoms with van der Waals surface area (Å²) in [7, 11) is 1.32. The van der Waals surface area contributed by atoms with Crippen LogP contribution >= 0.6 is 11.3 Å². The summed E-state index contributed by atoms with van der Waals surface area (Å²) in [5.74, 6) is -0.821. The van der Waals surface area contributed by atoms with Crippen molar-refractivity contribution in [2.75, 3.05) is 20.2 Å². The lowest BCUT2D eigenvalue weighted by molar-refractivity contribution is -0.142. The summed E-state index contributed by atoms with van der Waals surface area (Å²) in [6.45, 7) is -1.23. The standard InChI is InChI=1S/C20H19F3N6O3S/c1-25-29(10-20(21,22)23)18(24)19-27-17-13-3-2-11(6-14(13)32-5-4-15(17)33-19)12-7-26-28(8-12)9-16(30)31/h2-3,6-8,24-25H,4-5,9-10H2,1H3,(H,30,31). The highest BCUT2D eigenvalue weighted by Crippen LogP contribution is 2.40. The van der Waals surface area contributed by atoms with E-state index in [9.17, 15) is 18.0 Å². The van der Waals surface area contributed by atoms with Gasteiger partial charge in [-0.25, -0.2) is 10.4 Å². The van der Waals surface area contributed by atoms with Crippen LogP contribution in [-0.4, -0.2) is 63.1 Å². The van der Waals surface area contributed by atoms with Gasteiger partial charge in [0.1, 0.15) is 18.8 Å². The minimum absolute atomic E-state index is 0.172. The quantitative estimate of drug-likeness (QED) is 0.282. The van der Waals surface area contributed by atoms with E-state index in [0.29, 0.717) is 40.6 Å². The second-order valence-electron chi connectivity index (χ2n) is 7.19. The summed E-state index contributed by atoms with van der Waals surface area (Å²) in [5.41, 5.74) is 5.12. The molecule has 9 nitrogen and oxygen atoms in total. The maximum atomic E-state index is 12.8. The summed E-state index contributed by atoms with van der Waals surface area (Å²) < 4.78 is 45.7. The van der Waals surface area contributed by atoms with Crippen LogP contribution < -0.4 is 10.2 Å². The Kier molecular flexibility index (Phi) is 6.08. The van der Waals surface area contributed by atoms with Gasteiger partial charge in [-0.3, -0.25) is 19.9 Å². The van der Waals surface area contributed by atoms with Gasteiger partial charge in [0.15, 0.2) is 10.8 Å². The molecule has 0 saturated heterocycles. The Hall–Kier alpha value is -3.45. The fourth-order valence-electron chi connectivity index (χ4n) is 3.41. The summed E-state index contributed by atoms with van der Waals surface area (Å²) in [4.78, 5) is 16.2. The first-order valence-electron chi connectivity index (χ1n) is 9.77. The van der Waals surface area contributed by atoms with E-state index in [1.807, 2.05) is 6.07 Å². The van der Waals surface area contributed by atoms with Crippen LogP contribution in [0, 0.1) is 5.41 Å². The number of hydrogen-bond donors (Lipinski definition) is 3. The summed E-state index contributed by atoms with van der Waals surface area (Å²) in [6, 6.07) is 5.40. The Morgan fingerprint density at radius 3 is 2.88 bits per heavy atom. The molecular weight excluding hydrogens is 461 g/mol. The number of fused-ring (bicyclic) bond motifs is 3. The predicted molar refractivity (Wildman–Crippen MR) is 114 cm³/mol. The fraction of sp³-hybridized carbons (Fsp3) is 0.300. The summed E-state index contributed by atoms with van der Waals surface area (Å²) in [5, 5.41) is 22.0. The number of aliphatic carboxylic acids is 1. The van der Waals surface area contributed by atoms with Gasteiger partial charge in [0, 0.05) is 35.7 Å². The zero-order chi connectivity index (χ0) is 23.8. The monoisotopic (exact) mass is 480 g/mol. The van der Waals surface area contributed by atoms with E-state index < -0.39 is 18.7 Å². The number of hydrogen-bond acceptors (Lipinski definition) is 7. The molecule has 3 N–H and O–H groups in total. The molecule has 3 aromatic rings. The second kappa shape index (κ2) is 8.83. The Bertz CT molecular complexity index is 1210. The van der Waals surface area contributed by atoms with E-state index in [0.717, 1.165) is 10.4 Å². The second-order valence-corrected chi connectivity index (χ2v) is 8.28. The predicted octanol–water partition coefficient (Wildman–Crippen LogP) is 3.02. The van der Waals surface area contributed by atoms with Gasteiger partial charge >= 0.3 is 12.1 Å². The fourth-order valence-corrected chi connectivity index (χ4v) is 4.42. The average Bonchev–Trinajstić information content (AvgIpc) is 3.34. The SMILES string of the molecule is CNN(CC(F)(F)F)C(=N)c1nc2c(s1)CCOc1cc(-c3cnn(CC(=O)O)c3)ccc1-2. The van der Waals surface area contributed by atoms with Crippen molar-refractivity contribution in [1.29, 1.82) is 5.41 Å². The number of amidine groups is 1. The molecule has 0 fully saturated rings. The Morgan fingerprint density at radius 1 is 1.39 bits per heavy atom. The number of aromatic nitrogens is 3. The van der Waals surface area contributed by atoms with Gasteiger partial charge in [-0.2, -0.15) is 18.3 Å². The number of carboxylic acids is 1. The van der Waals surface area contributed by atoms with Crippen molar-refractivity contribution in [3.05, 3.63) is 40.5 Å². The van der Waals surface area contributed by atoms with Crippen LogP contribution in [0.25, 0.3) is 22.4 Å². The van der Waals surface area contributed by atoms with Crippen LogP contribution in [0.3, 0.4) is 0 Å². The third-order valence-electron chi connectivity index (χ3n) is 4.86. The number of hydrazine groups is 1. The maximum Gasteiger partial charge on any atom is 0.407 e. The number of thiazole rings is 1. The van der Waals surface area contributed by atoms with Crippen molar-refractivity contribution >= 4 is 23.1 Å². The topological polar surface area (TPSA) is 116 Å². The van der Waals surface area contributed by atoms with Crippen LogP contribution in [0.15, 0.2) is 30.6 Å². The third-order valence-corrected chi connectivity index (χ3v) is 5.99.